The molecule has 0 aliphatic carbocycles. The Hall–Kier alpha value is -2.93. The summed E-state index contributed by atoms with van der Waals surface area (Å²) in [6, 6.07) is 22.9. The van der Waals surface area contributed by atoms with Crippen LogP contribution in [0.2, 0.25) is 5.02 Å². The highest BCUT2D eigenvalue weighted by Gasteiger charge is 2.19. The molecule has 0 saturated heterocycles. The Balaban J connectivity index is 1.54. The van der Waals surface area contributed by atoms with E-state index in [4.69, 9.17) is 21.6 Å². The molecule has 7 heteroatoms. The molecular weight excluding hydrogens is 570 g/mol. The summed E-state index contributed by atoms with van der Waals surface area (Å²) in [5, 5.41) is 6.49. The number of hydrogen-bond acceptors (Lipinski definition) is 4. The van der Waals surface area contributed by atoms with Crippen LogP contribution in [0, 0.1) is 0 Å². The lowest BCUT2D eigenvalue weighted by Crippen LogP contribution is -2.25. The molecule has 0 amide bonds. The average molecular weight is 605 g/mol. The van der Waals surface area contributed by atoms with E-state index in [0.717, 1.165) is 75.2 Å². The van der Waals surface area contributed by atoms with Gasteiger partial charge in [0, 0.05) is 39.6 Å². The first-order valence-corrected chi connectivity index (χ1v) is 14.9. The third kappa shape index (κ3) is 6.13. The van der Waals surface area contributed by atoms with E-state index in [2.05, 4.69) is 94.1 Å². The van der Waals surface area contributed by atoms with Crippen molar-refractivity contribution in [2.75, 3.05) is 25.0 Å². The maximum Gasteiger partial charge on any atom is 0.164 e. The molecule has 1 unspecified atom stereocenters. The summed E-state index contributed by atoms with van der Waals surface area (Å²) in [7, 11) is 0. The monoisotopic (exact) mass is 603 g/mol. The number of nitrogens with zero attached hydrogens (tertiary/aromatic N) is 4. The van der Waals surface area contributed by atoms with Crippen molar-refractivity contribution in [2.45, 2.75) is 46.2 Å². The van der Waals surface area contributed by atoms with Gasteiger partial charge in [0.2, 0.25) is 0 Å². The van der Waals surface area contributed by atoms with Crippen LogP contribution in [-0.2, 0) is 6.54 Å². The number of anilines is 1. The van der Waals surface area contributed by atoms with Crippen molar-refractivity contribution in [1.82, 2.24) is 19.4 Å². The van der Waals surface area contributed by atoms with Crippen LogP contribution >= 0.6 is 27.5 Å². The van der Waals surface area contributed by atoms with E-state index in [1.807, 2.05) is 30.3 Å². The molecule has 5 rings (SSSR count). The number of fused-ring (bicyclic) bond motifs is 2. The summed E-state index contributed by atoms with van der Waals surface area (Å²) in [5.74, 6) is 1.55. The molecule has 0 fully saturated rings. The van der Waals surface area contributed by atoms with Crippen LogP contribution in [0.1, 0.15) is 39.2 Å². The number of aromatic nitrogens is 3. The Labute approximate surface area is 244 Å². The summed E-state index contributed by atoms with van der Waals surface area (Å²) in [6.07, 6.45) is 4.34. The van der Waals surface area contributed by atoms with Gasteiger partial charge in [-0.1, -0.05) is 74.0 Å². The topological polar surface area (TPSA) is 46.0 Å². The zero-order chi connectivity index (χ0) is 27.4. The van der Waals surface area contributed by atoms with Gasteiger partial charge in [0.05, 0.1) is 16.1 Å². The molecule has 1 N–H and O–H groups in total. The lowest BCUT2D eigenvalue weighted by molar-refractivity contribution is 0.295. The normalized spacial score (nSPS) is 12.5. The standard InChI is InChI=1S/C32H35BrClN5/c1-4-38(5-2)19-11-12-22(3)35-31-25-16-9-17-27(33)29(25)36-32(37-31)26-21-39(20-23-13-7-6-8-14-23)30-24(26)15-10-18-28(30)34/h6-10,13-18,21-22H,4-5,11-12,19-20H2,1-3H3,(H,35,36,37). The second-order valence-electron chi connectivity index (χ2n) is 10.0. The van der Waals surface area contributed by atoms with E-state index in [1.54, 1.807) is 0 Å². The van der Waals surface area contributed by atoms with Crippen molar-refractivity contribution in [2.24, 2.45) is 0 Å². The number of benzene rings is 3. The van der Waals surface area contributed by atoms with Gasteiger partial charge in [-0.25, -0.2) is 9.97 Å². The van der Waals surface area contributed by atoms with E-state index >= 15 is 0 Å². The molecule has 2 aromatic heterocycles. The molecule has 1 atom stereocenters. The number of halogens is 2. The molecule has 0 spiro atoms. The Morgan fingerprint density at radius 1 is 0.949 bits per heavy atom. The smallest absolute Gasteiger partial charge is 0.164 e. The Bertz CT molecular complexity index is 1560. The van der Waals surface area contributed by atoms with Gasteiger partial charge in [-0.15, -0.1) is 0 Å². The van der Waals surface area contributed by atoms with Gasteiger partial charge in [0.15, 0.2) is 5.82 Å². The van der Waals surface area contributed by atoms with Crippen LogP contribution in [0.3, 0.4) is 0 Å². The molecule has 39 heavy (non-hydrogen) atoms. The Kier molecular flexibility index (Phi) is 8.85. The average Bonchev–Trinajstić information content (AvgIpc) is 3.31. The van der Waals surface area contributed by atoms with Crippen molar-refractivity contribution in [3.8, 4) is 11.4 Å². The molecule has 5 nitrogen and oxygen atoms in total. The molecule has 0 saturated carbocycles. The second-order valence-corrected chi connectivity index (χ2v) is 11.3. The second kappa shape index (κ2) is 12.5. The SMILES string of the molecule is CCN(CC)CCCC(C)Nc1nc(-c2cn(Cc3ccccc3)c3c(Cl)cccc23)nc2c(Br)cccc12. The molecular formula is C32H35BrClN5. The number of rotatable bonds is 11. The van der Waals surface area contributed by atoms with Crippen molar-refractivity contribution in [3.05, 3.63) is 88.0 Å². The fourth-order valence-electron chi connectivity index (χ4n) is 5.21. The fourth-order valence-corrected chi connectivity index (χ4v) is 5.95. The van der Waals surface area contributed by atoms with Crippen LogP contribution in [0.15, 0.2) is 77.4 Å². The molecule has 0 bridgehead atoms. The van der Waals surface area contributed by atoms with Crippen LogP contribution in [0.5, 0.6) is 0 Å². The quantitative estimate of drug-likeness (QED) is 0.164. The van der Waals surface area contributed by atoms with E-state index in [1.165, 1.54) is 5.56 Å². The Morgan fingerprint density at radius 2 is 1.69 bits per heavy atom. The zero-order valence-electron chi connectivity index (χ0n) is 22.8. The van der Waals surface area contributed by atoms with Gasteiger partial charge in [0.1, 0.15) is 5.82 Å². The van der Waals surface area contributed by atoms with E-state index < -0.39 is 0 Å². The predicted octanol–water partition coefficient (Wildman–Crippen LogP) is 8.64. The lowest BCUT2D eigenvalue weighted by atomic mass is 10.1. The van der Waals surface area contributed by atoms with Crippen LogP contribution in [0.25, 0.3) is 33.2 Å². The predicted molar refractivity (Wildman–Crippen MR) is 169 cm³/mol. The minimum absolute atomic E-state index is 0.277. The Morgan fingerprint density at radius 3 is 2.46 bits per heavy atom. The third-order valence-corrected chi connectivity index (χ3v) is 8.30. The van der Waals surface area contributed by atoms with Crippen LogP contribution in [0.4, 0.5) is 5.82 Å². The maximum atomic E-state index is 6.76. The minimum Gasteiger partial charge on any atom is -0.367 e. The van der Waals surface area contributed by atoms with Crippen molar-refractivity contribution < 1.29 is 0 Å². The van der Waals surface area contributed by atoms with E-state index in [-0.39, 0.29) is 6.04 Å². The number of nitrogens with one attached hydrogen (secondary N) is 1. The largest absolute Gasteiger partial charge is 0.367 e. The number of para-hydroxylation sites is 2. The van der Waals surface area contributed by atoms with Crippen LogP contribution in [-0.4, -0.2) is 45.1 Å². The molecule has 2 heterocycles. The van der Waals surface area contributed by atoms with Gasteiger partial charge in [-0.3, -0.25) is 0 Å². The van der Waals surface area contributed by atoms with Crippen molar-refractivity contribution in [3.63, 3.8) is 0 Å². The summed E-state index contributed by atoms with van der Waals surface area (Å²) in [4.78, 5) is 12.6. The van der Waals surface area contributed by atoms with Crippen molar-refractivity contribution >= 4 is 55.2 Å². The summed E-state index contributed by atoms with van der Waals surface area (Å²) >= 11 is 10.5. The van der Waals surface area contributed by atoms with E-state index in [0.29, 0.717) is 12.4 Å². The summed E-state index contributed by atoms with van der Waals surface area (Å²) in [5.41, 5.74) is 4.07. The summed E-state index contributed by atoms with van der Waals surface area (Å²) in [6.45, 7) is 10.7. The number of hydrogen-bond donors (Lipinski definition) is 1. The molecule has 0 aliphatic heterocycles. The highest BCUT2D eigenvalue weighted by Crippen LogP contribution is 2.36. The highest BCUT2D eigenvalue weighted by atomic mass is 79.9. The maximum absolute atomic E-state index is 6.76. The van der Waals surface area contributed by atoms with Crippen LogP contribution < -0.4 is 5.32 Å². The third-order valence-electron chi connectivity index (χ3n) is 7.35. The summed E-state index contributed by atoms with van der Waals surface area (Å²) < 4.78 is 3.16. The first kappa shape index (κ1) is 27.6. The van der Waals surface area contributed by atoms with Gasteiger partial charge >= 0.3 is 0 Å². The van der Waals surface area contributed by atoms with Gasteiger partial charge in [-0.05, 0) is 79.1 Å². The lowest BCUT2D eigenvalue weighted by Gasteiger charge is -2.20. The molecule has 5 aromatic rings. The molecule has 0 radical (unpaired) electrons. The molecule has 0 aliphatic rings. The van der Waals surface area contributed by atoms with Gasteiger partial charge < -0.3 is 14.8 Å². The highest BCUT2D eigenvalue weighted by molar-refractivity contribution is 9.10. The van der Waals surface area contributed by atoms with E-state index in [9.17, 15) is 0 Å². The fraction of sp³-hybridized carbons (Fsp3) is 0.312. The van der Waals surface area contributed by atoms with Gasteiger partial charge in [0.25, 0.3) is 0 Å². The first-order valence-electron chi connectivity index (χ1n) is 13.7. The molecule has 202 valence electrons. The first-order chi connectivity index (χ1) is 19.0. The van der Waals surface area contributed by atoms with Gasteiger partial charge in [-0.2, -0.15) is 0 Å². The zero-order valence-corrected chi connectivity index (χ0v) is 25.1. The van der Waals surface area contributed by atoms with Crippen molar-refractivity contribution in [1.29, 1.82) is 0 Å². The minimum atomic E-state index is 0.277. The molecule has 3 aromatic carbocycles.